The lowest BCUT2D eigenvalue weighted by molar-refractivity contribution is -0.153. The lowest BCUT2D eigenvalue weighted by Gasteiger charge is -2.58. The number of benzene rings is 1. The number of amides is 2. The molecule has 5 saturated carbocycles. The normalized spacial score (nSPS) is 32.4. The quantitative estimate of drug-likeness (QED) is 0.274. The molecule has 2 amide bonds. The molecule has 3 aromatic rings. The number of hydrogen-bond donors (Lipinski definition) is 2. The molecule has 6 fully saturated rings. The Bertz CT molecular complexity index is 1570. The highest BCUT2D eigenvalue weighted by molar-refractivity contribution is 7.99. The van der Waals surface area contributed by atoms with Gasteiger partial charge in [0.2, 0.25) is 11.8 Å². The molecule has 5 aliphatic carbocycles. The Balaban J connectivity index is 1.11. The third-order valence-electron chi connectivity index (χ3n) is 12.7. The van der Waals surface area contributed by atoms with Gasteiger partial charge in [-0.1, -0.05) is 38.1 Å². The Morgan fingerprint density at radius 3 is 2.36 bits per heavy atom. The van der Waals surface area contributed by atoms with Crippen LogP contribution in [-0.4, -0.2) is 49.3 Å². The monoisotopic (exact) mass is 624 g/mol. The van der Waals surface area contributed by atoms with Gasteiger partial charge in [-0.15, -0.1) is 0 Å². The van der Waals surface area contributed by atoms with Crippen LogP contribution in [0.5, 0.6) is 0 Å². The summed E-state index contributed by atoms with van der Waals surface area (Å²) in [5.74, 6) is 4.82. The van der Waals surface area contributed by atoms with Crippen LogP contribution in [0.1, 0.15) is 94.4 Å². The maximum absolute atomic E-state index is 14.9. The van der Waals surface area contributed by atoms with E-state index in [-0.39, 0.29) is 28.7 Å². The molecule has 4 bridgehead atoms. The number of carbonyl (C=O) groups is 2. The van der Waals surface area contributed by atoms with E-state index >= 15 is 0 Å². The van der Waals surface area contributed by atoms with Crippen molar-refractivity contribution in [3.8, 4) is 0 Å². The van der Waals surface area contributed by atoms with E-state index in [1.807, 2.05) is 28.9 Å². The maximum atomic E-state index is 14.9. The van der Waals surface area contributed by atoms with Crippen LogP contribution in [0, 0.1) is 36.0 Å². The molecule has 0 radical (unpaired) electrons. The first-order valence-corrected chi connectivity index (χ1v) is 18.5. The first-order valence-electron chi connectivity index (χ1n) is 17.3. The van der Waals surface area contributed by atoms with Crippen LogP contribution >= 0.6 is 11.8 Å². The van der Waals surface area contributed by atoms with Crippen LogP contribution in [0.15, 0.2) is 48.8 Å². The predicted molar refractivity (Wildman–Crippen MR) is 181 cm³/mol. The number of hydrogen-bond acceptors (Lipinski definition) is 4. The summed E-state index contributed by atoms with van der Waals surface area (Å²) in [6.45, 7) is 7.22. The summed E-state index contributed by atoms with van der Waals surface area (Å²) < 4.78 is 0. The SMILES string of the molecule is Cc1[nH]c2ccccc2c1C1C(CC(=O)N(Cc2cccnc2)C2(C(=O)NC34CC5CC(CC(C5)C3)C4)CCSCC2)C1(C)C. The van der Waals surface area contributed by atoms with E-state index in [0.717, 1.165) is 59.6 Å². The molecule has 9 rings (SSSR count). The molecule has 45 heavy (non-hydrogen) atoms. The molecule has 3 heterocycles. The molecule has 1 aromatic carbocycles. The first-order chi connectivity index (χ1) is 21.7. The number of aryl methyl sites for hydroxylation is 1. The van der Waals surface area contributed by atoms with Gasteiger partial charge in [0, 0.05) is 47.5 Å². The molecule has 1 saturated heterocycles. The third-order valence-corrected chi connectivity index (χ3v) is 13.7. The lowest BCUT2D eigenvalue weighted by Crippen LogP contribution is -2.68. The molecular weight excluding hydrogens is 577 g/mol. The fourth-order valence-corrected chi connectivity index (χ4v) is 12.0. The van der Waals surface area contributed by atoms with E-state index in [1.165, 1.54) is 35.9 Å². The van der Waals surface area contributed by atoms with Gasteiger partial charge in [0.25, 0.3) is 0 Å². The number of para-hydroxylation sites is 1. The van der Waals surface area contributed by atoms with Crippen molar-refractivity contribution in [2.24, 2.45) is 29.1 Å². The van der Waals surface area contributed by atoms with Crippen molar-refractivity contribution >= 4 is 34.5 Å². The lowest BCUT2D eigenvalue weighted by atomic mass is 9.53. The van der Waals surface area contributed by atoms with Crippen LogP contribution in [0.2, 0.25) is 0 Å². The number of rotatable bonds is 8. The van der Waals surface area contributed by atoms with Crippen LogP contribution < -0.4 is 5.32 Å². The van der Waals surface area contributed by atoms with Crippen LogP contribution in [-0.2, 0) is 16.1 Å². The third kappa shape index (κ3) is 5.03. The minimum absolute atomic E-state index is 0.00237. The molecule has 6 aliphatic rings. The zero-order chi connectivity index (χ0) is 31.0. The van der Waals surface area contributed by atoms with Crippen molar-refractivity contribution in [2.75, 3.05) is 11.5 Å². The standard InChI is InChI=1S/C38H48N4O2S/c1-24-33(29-8-4-5-9-31(29)40-24)34-30(36(34,2)3)18-32(43)42(23-25-7-6-12-39-22-25)38(10-13-45-14-11-38)35(44)41-37-19-26-15-27(20-37)17-28(16-26)21-37/h4-9,12,22,26-28,30,34,40H,10-11,13-21,23H2,1-3H3,(H,41,44). The van der Waals surface area contributed by atoms with E-state index in [2.05, 4.69) is 66.4 Å². The van der Waals surface area contributed by atoms with E-state index in [0.29, 0.717) is 31.7 Å². The Morgan fingerprint density at radius 1 is 1.00 bits per heavy atom. The smallest absolute Gasteiger partial charge is 0.246 e. The second-order valence-corrected chi connectivity index (χ2v) is 17.2. The van der Waals surface area contributed by atoms with Gasteiger partial charge in [0.1, 0.15) is 5.54 Å². The van der Waals surface area contributed by atoms with Gasteiger partial charge in [-0.2, -0.15) is 11.8 Å². The van der Waals surface area contributed by atoms with E-state index in [9.17, 15) is 9.59 Å². The number of thioether (sulfide) groups is 1. The largest absolute Gasteiger partial charge is 0.358 e. The zero-order valence-corrected chi connectivity index (χ0v) is 27.9. The van der Waals surface area contributed by atoms with Crippen molar-refractivity contribution in [1.29, 1.82) is 0 Å². The van der Waals surface area contributed by atoms with Crippen molar-refractivity contribution in [3.63, 3.8) is 0 Å². The summed E-state index contributed by atoms with van der Waals surface area (Å²) in [7, 11) is 0. The van der Waals surface area contributed by atoms with Gasteiger partial charge in [-0.25, -0.2) is 0 Å². The highest BCUT2D eigenvalue weighted by Gasteiger charge is 2.61. The average Bonchev–Trinajstić information content (AvgIpc) is 3.36. The number of pyridine rings is 1. The fraction of sp³-hybridized carbons (Fsp3) is 0.605. The second-order valence-electron chi connectivity index (χ2n) is 16.0. The number of H-pyrrole nitrogens is 1. The minimum atomic E-state index is -0.827. The van der Waals surface area contributed by atoms with Gasteiger partial charge >= 0.3 is 0 Å². The summed E-state index contributed by atoms with van der Waals surface area (Å²) >= 11 is 1.91. The Labute approximate surface area is 271 Å². The number of aromatic amines is 1. The molecule has 2 unspecified atom stereocenters. The van der Waals surface area contributed by atoms with E-state index in [4.69, 9.17) is 0 Å². The Morgan fingerprint density at radius 2 is 1.69 bits per heavy atom. The molecule has 1 aliphatic heterocycles. The van der Waals surface area contributed by atoms with E-state index in [1.54, 1.807) is 6.20 Å². The van der Waals surface area contributed by atoms with E-state index < -0.39 is 5.54 Å². The number of nitrogens with zero attached hydrogens (tertiary/aromatic N) is 2. The summed E-state index contributed by atoms with van der Waals surface area (Å²) in [6, 6.07) is 12.5. The molecule has 0 spiro atoms. The molecule has 2 N–H and O–H groups in total. The molecular formula is C38H48N4O2S. The molecule has 2 atom stereocenters. The Hall–Kier alpha value is -2.80. The summed E-state index contributed by atoms with van der Waals surface area (Å²) in [5, 5.41) is 5.01. The minimum Gasteiger partial charge on any atom is -0.358 e. The highest BCUT2D eigenvalue weighted by atomic mass is 32.2. The second kappa shape index (κ2) is 10.9. The Kier molecular flexibility index (Phi) is 7.16. The first kappa shape index (κ1) is 29.6. The topological polar surface area (TPSA) is 78.1 Å². The van der Waals surface area contributed by atoms with Crippen LogP contribution in [0.4, 0.5) is 0 Å². The molecule has 2 aromatic heterocycles. The van der Waals surface area contributed by atoms with Gasteiger partial charge in [0.05, 0.1) is 0 Å². The van der Waals surface area contributed by atoms with Crippen LogP contribution in [0.3, 0.4) is 0 Å². The number of nitrogens with one attached hydrogen (secondary N) is 2. The number of aromatic nitrogens is 2. The number of carbonyl (C=O) groups excluding carboxylic acids is 2. The van der Waals surface area contributed by atoms with Crippen molar-refractivity contribution in [2.45, 2.75) is 102 Å². The van der Waals surface area contributed by atoms with Crippen molar-refractivity contribution in [1.82, 2.24) is 20.2 Å². The summed E-state index contributed by atoms with van der Waals surface area (Å²) in [5.41, 5.74) is 3.81. The maximum Gasteiger partial charge on any atom is 0.246 e. The summed E-state index contributed by atoms with van der Waals surface area (Å²) in [4.78, 5) is 39.7. The zero-order valence-electron chi connectivity index (χ0n) is 27.1. The molecule has 6 nitrogen and oxygen atoms in total. The fourth-order valence-electron chi connectivity index (χ4n) is 10.8. The molecule has 7 heteroatoms. The van der Waals surface area contributed by atoms with Crippen LogP contribution in [0.25, 0.3) is 10.9 Å². The highest BCUT2D eigenvalue weighted by Crippen LogP contribution is 2.67. The van der Waals surface area contributed by atoms with Crippen molar-refractivity contribution in [3.05, 3.63) is 65.6 Å². The van der Waals surface area contributed by atoms with Gasteiger partial charge < -0.3 is 15.2 Å². The van der Waals surface area contributed by atoms with Gasteiger partial charge in [-0.3, -0.25) is 14.6 Å². The van der Waals surface area contributed by atoms with Crippen molar-refractivity contribution < 1.29 is 9.59 Å². The molecule has 238 valence electrons. The average molecular weight is 625 g/mol. The van der Waals surface area contributed by atoms with Gasteiger partial charge in [0.15, 0.2) is 0 Å². The number of fused-ring (bicyclic) bond motifs is 1. The van der Waals surface area contributed by atoms with Gasteiger partial charge in [-0.05, 0) is 128 Å². The predicted octanol–water partition coefficient (Wildman–Crippen LogP) is 7.38. The summed E-state index contributed by atoms with van der Waals surface area (Å²) in [6.07, 6.45) is 12.9.